The lowest BCUT2D eigenvalue weighted by molar-refractivity contribution is -0.235. The van der Waals surface area contributed by atoms with Crippen molar-refractivity contribution in [3.63, 3.8) is 0 Å². The van der Waals surface area contributed by atoms with Crippen molar-refractivity contribution in [1.29, 1.82) is 0 Å². The molecule has 4 saturated carbocycles. The molecule has 0 heteroatoms. The SMILES string of the molecule is CC1=CCCC2C1(C)CCC1C2(C)CCC2(C)C3CCC(C(C)C)C3(C)CCC12C. The topological polar surface area (TPSA) is 0 Å². The normalized spacial score (nSPS) is 57.8. The summed E-state index contributed by atoms with van der Waals surface area (Å²) in [7, 11) is 0. The van der Waals surface area contributed by atoms with E-state index in [1.165, 1.54) is 64.2 Å². The molecule has 170 valence electrons. The molecule has 30 heavy (non-hydrogen) atoms. The van der Waals surface area contributed by atoms with Crippen molar-refractivity contribution >= 4 is 0 Å². The summed E-state index contributed by atoms with van der Waals surface area (Å²) < 4.78 is 0. The maximum atomic E-state index is 2.80. The van der Waals surface area contributed by atoms with Crippen molar-refractivity contribution in [3.05, 3.63) is 11.6 Å². The van der Waals surface area contributed by atoms with E-state index < -0.39 is 0 Å². The van der Waals surface area contributed by atoms with E-state index in [-0.39, 0.29) is 0 Å². The standard InChI is InChI=1S/C30H50/c1-20(2)22-12-13-24-27(22,5)16-18-30(8)25-14-15-26(4)21(3)10-9-11-23(26)28(25,6)17-19-29(24,30)7/h10,20,22-25H,9,11-19H2,1-8H3. The zero-order valence-corrected chi connectivity index (χ0v) is 21.5. The summed E-state index contributed by atoms with van der Waals surface area (Å²) in [6.07, 6.45) is 17.3. The van der Waals surface area contributed by atoms with Crippen LogP contribution in [0.4, 0.5) is 0 Å². The average Bonchev–Trinajstić information content (AvgIpc) is 3.04. The molecule has 0 radical (unpaired) electrons. The molecular formula is C30H50. The van der Waals surface area contributed by atoms with Crippen molar-refractivity contribution in [3.8, 4) is 0 Å². The van der Waals surface area contributed by atoms with Crippen LogP contribution in [0, 0.1) is 56.7 Å². The molecule has 5 aliphatic carbocycles. The van der Waals surface area contributed by atoms with Crippen LogP contribution in [0.2, 0.25) is 0 Å². The molecule has 0 aliphatic heterocycles. The monoisotopic (exact) mass is 410 g/mol. The van der Waals surface area contributed by atoms with Crippen molar-refractivity contribution < 1.29 is 0 Å². The van der Waals surface area contributed by atoms with Crippen LogP contribution in [0.15, 0.2) is 11.6 Å². The third kappa shape index (κ3) is 2.36. The Morgan fingerprint density at radius 3 is 1.93 bits per heavy atom. The summed E-state index contributed by atoms with van der Waals surface area (Å²) in [6.45, 7) is 21.2. The fourth-order valence-corrected chi connectivity index (χ4v) is 11.7. The Morgan fingerprint density at radius 1 is 0.700 bits per heavy atom. The Bertz CT molecular complexity index is 745. The van der Waals surface area contributed by atoms with Gasteiger partial charge in [-0.15, -0.1) is 0 Å². The minimum Gasteiger partial charge on any atom is -0.0850 e. The van der Waals surface area contributed by atoms with Crippen LogP contribution in [0.3, 0.4) is 0 Å². The molecule has 0 nitrogen and oxygen atoms in total. The molecule has 0 saturated heterocycles. The number of rotatable bonds is 1. The summed E-state index contributed by atoms with van der Waals surface area (Å²) in [5, 5.41) is 0. The molecule has 0 bridgehead atoms. The van der Waals surface area contributed by atoms with Crippen LogP contribution < -0.4 is 0 Å². The quantitative estimate of drug-likeness (QED) is 0.378. The van der Waals surface area contributed by atoms with Gasteiger partial charge in [0.15, 0.2) is 0 Å². The molecule has 0 aromatic heterocycles. The van der Waals surface area contributed by atoms with Gasteiger partial charge in [-0.3, -0.25) is 0 Å². The van der Waals surface area contributed by atoms with E-state index in [9.17, 15) is 0 Å². The van der Waals surface area contributed by atoms with Crippen LogP contribution in [0.5, 0.6) is 0 Å². The van der Waals surface area contributed by atoms with Gasteiger partial charge < -0.3 is 0 Å². The van der Waals surface area contributed by atoms with Crippen LogP contribution in [0.1, 0.15) is 120 Å². The van der Waals surface area contributed by atoms with E-state index in [1.54, 1.807) is 5.57 Å². The van der Waals surface area contributed by atoms with Crippen LogP contribution in [0.25, 0.3) is 0 Å². The van der Waals surface area contributed by atoms with E-state index in [4.69, 9.17) is 0 Å². The van der Waals surface area contributed by atoms with Crippen molar-refractivity contribution in [2.45, 2.75) is 120 Å². The molecule has 0 N–H and O–H groups in total. The predicted octanol–water partition coefficient (Wildman–Crippen LogP) is 9.05. The van der Waals surface area contributed by atoms with Gasteiger partial charge in [-0.05, 0) is 128 Å². The van der Waals surface area contributed by atoms with Crippen LogP contribution in [-0.2, 0) is 0 Å². The minimum atomic E-state index is 0.479. The highest BCUT2D eigenvalue weighted by Gasteiger charge is 2.71. The predicted molar refractivity (Wildman–Crippen MR) is 129 cm³/mol. The number of hydrogen-bond acceptors (Lipinski definition) is 0. The van der Waals surface area contributed by atoms with Crippen LogP contribution in [-0.4, -0.2) is 0 Å². The summed E-state index contributed by atoms with van der Waals surface area (Å²) in [5.41, 5.74) is 4.47. The lowest BCUT2D eigenvalue weighted by Gasteiger charge is -2.73. The molecule has 0 spiro atoms. The molecule has 9 atom stereocenters. The molecule has 0 aromatic rings. The molecule has 0 heterocycles. The summed E-state index contributed by atoms with van der Waals surface area (Å²) >= 11 is 0. The highest BCUT2D eigenvalue weighted by Crippen LogP contribution is 2.78. The van der Waals surface area contributed by atoms with Gasteiger partial charge >= 0.3 is 0 Å². The van der Waals surface area contributed by atoms with Gasteiger partial charge in [0.1, 0.15) is 0 Å². The second kappa shape index (κ2) is 6.41. The van der Waals surface area contributed by atoms with Gasteiger partial charge in [-0.2, -0.15) is 0 Å². The molecule has 5 rings (SSSR count). The first-order valence-electron chi connectivity index (χ1n) is 13.6. The van der Waals surface area contributed by atoms with E-state index in [0.717, 1.165) is 29.6 Å². The maximum absolute atomic E-state index is 2.80. The summed E-state index contributed by atoms with van der Waals surface area (Å²) in [4.78, 5) is 0. The summed E-state index contributed by atoms with van der Waals surface area (Å²) in [6, 6.07) is 0. The van der Waals surface area contributed by atoms with Crippen molar-refractivity contribution in [2.24, 2.45) is 56.7 Å². The fourth-order valence-electron chi connectivity index (χ4n) is 11.7. The van der Waals surface area contributed by atoms with Gasteiger partial charge in [-0.25, -0.2) is 0 Å². The Kier molecular flexibility index (Phi) is 4.61. The largest absolute Gasteiger partial charge is 0.0850 e. The van der Waals surface area contributed by atoms with E-state index >= 15 is 0 Å². The molecular weight excluding hydrogens is 360 g/mol. The number of allylic oxidation sites excluding steroid dienone is 2. The van der Waals surface area contributed by atoms with Gasteiger partial charge in [0.2, 0.25) is 0 Å². The van der Waals surface area contributed by atoms with E-state index in [1.807, 2.05) is 0 Å². The molecule has 5 aliphatic rings. The van der Waals surface area contributed by atoms with Gasteiger partial charge in [-0.1, -0.05) is 60.1 Å². The molecule has 0 amide bonds. The Balaban J connectivity index is 1.54. The Morgan fingerprint density at radius 2 is 1.30 bits per heavy atom. The highest BCUT2D eigenvalue weighted by atomic mass is 14.7. The van der Waals surface area contributed by atoms with Gasteiger partial charge in [0, 0.05) is 0 Å². The lowest BCUT2D eigenvalue weighted by atomic mass is 9.32. The van der Waals surface area contributed by atoms with Crippen molar-refractivity contribution in [2.75, 3.05) is 0 Å². The molecule has 9 unspecified atom stereocenters. The van der Waals surface area contributed by atoms with E-state index in [0.29, 0.717) is 27.1 Å². The second-order valence-corrected chi connectivity index (χ2v) is 14.4. The van der Waals surface area contributed by atoms with Crippen molar-refractivity contribution in [1.82, 2.24) is 0 Å². The number of fused-ring (bicyclic) bond motifs is 7. The van der Waals surface area contributed by atoms with Crippen LogP contribution >= 0.6 is 0 Å². The third-order valence-corrected chi connectivity index (χ3v) is 13.5. The van der Waals surface area contributed by atoms with Gasteiger partial charge in [0.25, 0.3) is 0 Å². The minimum absolute atomic E-state index is 0.479. The summed E-state index contributed by atoms with van der Waals surface area (Å²) in [5.74, 6) is 4.62. The first-order chi connectivity index (χ1) is 13.9. The average molecular weight is 411 g/mol. The number of hydrogen-bond donors (Lipinski definition) is 0. The zero-order chi connectivity index (χ0) is 21.7. The highest BCUT2D eigenvalue weighted by molar-refractivity contribution is 5.25. The zero-order valence-electron chi connectivity index (χ0n) is 21.5. The Hall–Kier alpha value is -0.260. The smallest absolute Gasteiger partial charge is 0.00854 e. The van der Waals surface area contributed by atoms with E-state index in [2.05, 4.69) is 61.5 Å². The molecule has 4 fully saturated rings. The fraction of sp³-hybridized carbons (Fsp3) is 0.933. The first-order valence-corrected chi connectivity index (χ1v) is 13.6. The first kappa shape index (κ1) is 21.6. The maximum Gasteiger partial charge on any atom is -0.00854 e. The third-order valence-electron chi connectivity index (χ3n) is 13.5. The lowest BCUT2D eigenvalue weighted by Crippen LogP contribution is -2.65. The second-order valence-electron chi connectivity index (χ2n) is 14.4. The van der Waals surface area contributed by atoms with Gasteiger partial charge in [0.05, 0.1) is 0 Å². The molecule has 0 aromatic carbocycles. The Labute approximate surface area is 188 Å².